The van der Waals surface area contributed by atoms with E-state index in [-0.39, 0.29) is 0 Å². The third-order valence-electron chi connectivity index (χ3n) is 3.04. The number of hydrogen-bond donors (Lipinski definition) is 0. The summed E-state index contributed by atoms with van der Waals surface area (Å²) in [5.74, 6) is 0. The quantitative estimate of drug-likeness (QED) is 0.622. The van der Waals surface area contributed by atoms with Gasteiger partial charge in [0.25, 0.3) is 0 Å². The molecule has 1 aromatic carbocycles. The zero-order chi connectivity index (χ0) is 11.2. The Labute approximate surface area is 98.7 Å². The van der Waals surface area contributed by atoms with Crippen LogP contribution < -0.4 is 0 Å². The summed E-state index contributed by atoms with van der Waals surface area (Å²) in [5.41, 5.74) is 4.58. The third kappa shape index (κ3) is 4.06. The van der Waals surface area contributed by atoms with Crippen LogP contribution in [0.25, 0.3) is 0 Å². The van der Waals surface area contributed by atoms with Crippen molar-refractivity contribution in [3.05, 3.63) is 59.2 Å². The van der Waals surface area contributed by atoms with Gasteiger partial charge >= 0.3 is 0 Å². The molecule has 0 spiro atoms. The molecule has 1 aromatic rings. The highest BCUT2D eigenvalue weighted by atomic mass is 14.1. The van der Waals surface area contributed by atoms with Gasteiger partial charge in [-0.05, 0) is 44.6 Å². The van der Waals surface area contributed by atoms with Gasteiger partial charge in [0, 0.05) is 0 Å². The van der Waals surface area contributed by atoms with Crippen molar-refractivity contribution in [2.75, 3.05) is 0 Å². The van der Waals surface area contributed by atoms with Gasteiger partial charge in [0.05, 0.1) is 0 Å². The Bertz CT molecular complexity index is 376. The first-order valence-electron chi connectivity index (χ1n) is 6.22. The van der Waals surface area contributed by atoms with Crippen molar-refractivity contribution in [3.63, 3.8) is 0 Å². The molecule has 0 amide bonds. The van der Waals surface area contributed by atoms with E-state index in [0.29, 0.717) is 0 Å². The van der Waals surface area contributed by atoms with E-state index < -0.39 is 0 Å². The first kappa shape index (κ1) is 11.2. The van der Waals surface area contributed by atoms with Gasteiger partial charge in [-0.3, -0.25) is 0 Å². The lowest BCUT2D eigenvalue weighted by molar-refractivity contribution is 0.962. The maximum atomic E-state index is 2.42. The number of benzene rings is 1. The molecule has 0 saturated heterocycles. The molecule has 0 aromatic heterocycles. The van der Waals surface area contributed by atoms with Gasteiger partial charge in [-0.15, -0.1) is 0 Å². The molecule has 1 fully saturated rings. The van der Waals surface area contributed by atoms with Crippen LogP contribution in [0.5, 0.6) is 0 Å². The molecule has 1 saturated carbocycles. The molecule has 0 heteroatoms. The second-order valence-corrected chi connectivity index (χ2v) is 4.64. The smallest absolute Gasteiger partial charge is 0.00949 e. The van der Waals surface area contributed by atoms with E-state index in [9.17, 15) is 0 Å². The van der Waals surface area contributed by atoms with Crippen LogP contribution in [0.2, 0.25) is 0 Å². The van der Waals surface area contributed by atoms with Crippen molar-refractivity contribution in [2.45, 2.75) is 39.0 Å². The Kier molecular flexibility index (Phi) is 3.98. The van der Waals surface area contributed by atoms with E-state index >= 15 is 0 Å². The molecule has 0 N–H and O–H groups in total. The van der Waals surface area contributed by atoms with Crippen LogP contribution in [0.4, 0.5) is 0 Å². The molecule has 0 nitrogen and oxygen atoms in total. The number of hydrogen-bond acceptors (Lipinski definition) is 0. The van der Waals surface area contributed by atoms with E-state index in [1.165, 1.54) is 36.8 Å². The largest absolute Gasteiger partial charge is 0.0850 e. The van der Waals surface area contributed by atoms with Crippen LogP contribution in [0.15, 0.2) is 53.6 Å². The molecular weight excluding hydrogens is 192 g/mol. The van der Waals surface area contributed by atoms with Crippen molar-refractivity contribution in [1.29, 1.82) is 0 Å². The summed E-state index contributed by atoms with van der Waals surface area (Å²) in [6, 6.07) is 10.7. The van der Waals surface area contributed by atoms with Gasteiger partial charge in [-0.2, -0.15) is 0 Å². The van der Waals surface area contributed by atoms with Crippen molar-refractivity contribution in [1.82, 2.24) is 0 Å². The molecule has 0 atom stereocenters. The average molecular weight is 212 g/mol. The standard InChI is InChI=1S/C16H20/c1-14(6-5-9-16-12-13-16)10-11-15-7-3-2-4-8-15/h2-4,7-10H,5-6,11-13H2,1H3/b14-10+. The minimum absolute atomic E-state index is 1.07. The van der Waals surface area contributed by atoms with Gasteiger partial charge in [-0.1, -0.05) is 53.6 Å². The summed E-state index contributed by atoms with van der Waals surface area (Å²) in [4.78, 5) is 0. The Morgan fingerprint density at radius 2 is 1.94 bits per heavy atom. The zero-order valence-electron chi connectivity index (χ0n) is 10.1. The van der Waals surface area contributed by atoms with Crippen LogP contribution in [0, 0.1) is 0 Å². The van der Waals surface area contributed by atoms with Crippen LogP contribution in [0.1, 0.15) is 38.2 Å². The molecule has 84 valence electrons. The van der Waals surface area contributed by atoms with E-state index in [1.807, 2.05) is 0 Å². The fraction of sp³-hybridized carbons (Fsp3) is 0.375. The van der Waals surface area contributed by atoms with Gasteiger partial charge in [0.1, 0.15) is 0 Å². The van der Waals surface area contributed by atoms with Crippen LogP contribution in [-0.4, -0.2) is 0 Å². The highest BCUT2D eigenvalue weighted by Crippen LogP contribution is 2.28. The average Bonchev–Trinajstić information content (AvgIpc) is 3.12. The Morgan fingerprint density at radius 3 is 2.62 bits per heavy atom. The Hall–Kier alpha value is -1.30. The van der Waals surface area contributed by atoms with Crippen LogP contribution >= 0.6 is 0 Å². The SMILES string of the molecule is C/C(=C\Cc1ccccc1)CCC=C1CC1. The van der Waals surface area contributed by atoms with E-state index in [0.717, 1.165) is 6.42 Å². The van der Waals surface area contributed by atoms with E-state index in [4.69, 9.17) is 0 Å². The van der Waals surface area contributed by atoms with Gasteiger partial charge in [-0.25, -0.2) is 0 Å². The minimum Gasteiger partial charge on any atom is -0.0850 e. The minimum atomic E-state index is 1.07. The molecular formula is C16H20. The van der Waals surface area contributed by atoms with Crippen molar-refractivity contribution in [3.8, 4) is 0 Å². The monoisotopic (exact) mass is 212 g/mol. The molecule has 0 bridgehead atoms. The van der Waals surface area contributed by atoms with Crippen LogP contribution in [-0.2, 0) is 6.42 Å². The molecule has 1 aliphatic rings. The van der Waals surface area contributed by atoms with Crippen molar-refractivity contribution in [2.24, 2.45) is 0 Å². The summed E-state index contributed by atoms with van der Waals surface area (Å²) >= 11 is 0. The van der Waals surface area contributed by atoms with E-state index in [2.05, 4.69) is 49.4 Å². The maximum absolute atomic E-state index is 2.42. The highest BCUT2D eigenvalue weighted by Gasteiger charge is 2.08. The van der Waals surface area contributed by atoms with Crippen LogP contribution in [0.3, 0.4) is 0 Å². The first-order chi connectivity index (χ1) is 7.84. The van der Waals surface area contributed by atoms with Gasteiger partial charge in [0.15, 0.2) is 0 Å². The zero-order valence-corrected chi connectivity index (χ0v) is 10.1. The predicted molar refractivity (Wildman–Crippen MR) is 70.5 cm³/mol. The second-order valence-electron chi connectivity index (χ2n) is 4.64. The predicted octanol–water partition coefficient (Wildman–Crippen LogP) is 4.68. The highest BCUT2D eigenvalue weighted by molar-refractivity contribution is 5.20. The normalized spacial score (nSPS) is 15.1. The van der Waals surface area contributed by atoms with Crippen molar-refractivity contribution < 1.29 is 0 Å². The summed E-state index contributed by atoms with van der Waals surface area (Å²) in [6.07, 6.45) is 11.0. The molecule has 0 aliphatic heterocycles. The number of allylic oxidation sites excluding steroid dienone is 4. The molecule has 0 heterocycles. The molecule has 2 rings (SSSR count). The lowest BCUT2D eigenvalue weighted by atomic mass is 10.1. The van der Waals surface area contributed by atoms with Gasteiger partial charge < -0.3 is 0 Å². The van der Waals surface area contributed by atoms with Crippen molar-refractivity contribution >= 4 is 0 Å². The lowest BCUT2D eigenvalue weighted by Gasteiger charge is -1.99. The summed E-state index contributed by atoms with van der Waals surface area (Å²) in [6.45, 7) is 2.24. The topological polar surface area (TPSA) is 0 Å². The second kappa shape index (κ2) is 5.69. The molecule has 16 heavy (non-hydrogen) atoms. The Morgan fingerprint density at radius 1 is 1.19 bits per heavy atom. The molecule has 0 unspecified atom stereocenters. The van der Waals surface area contributed by atoms with E-state index in [1.54, 1.807) is 5.57 Å². The lowest BCUT2D eigenvalue weighted by Crippen LogP contribution is -1.82. The fourth-order valence-corrected chi connectivity index (χ4v) is 1.79. The molecule has 1 aliphatic carbocycles. The summed E-state index contributed by atoms with van der Waals surface area (Å²) < 4.78 is 0. The summed E-state index contributed by atoms with van der Waals surface area (Å²) in [7, 11) is 0. The summed E-state index contributed by atoms with van der Waals surface area (Å²) in [5, 5.41) is 0. The maximum Gasteiger partial charge on any atom is -0.00949 e. The fourth-order valence-electron chi connectivity index (χ4n) is 1.79. The third-order valence-corrected chi connectivity index (χ3v) is 3.04. The Balaban J connectivity index is 1.75. The number of rotatable bonds is 5. The first-order valence-corrected chi connectivity index (χ1v) is 6.22. The molecule has 0 radical (unpaired) electrons. The van der Waals surface area contributed by atoms with Gasteiger partial charge in [0.2, 0.25) is 0 Å².